The molecule has 2 atom stereocenters. The van der Waals surface area contributed by atoms with E-state index < -0.39 is 18.2 Å². The maximum Gasteiger partial charge on any atom is 0.470 e. The van der Waals surface area contributed by atoms with E-state index in [2.05, 4.69) is 9.89 Å². The quantitative estimate of drug-likeness (QED) is 0.746. The average Bonchev–Trinajstić information content (AvgIpc) is 3.09. The van der Waals surface area contributed by atoms with Crippen LogP contribution < -0.4 is 0 Å². The van der Waals surface area contributed by atoms with E-state index in [1.165, 1.54) is 5.06 Å². The molecule has 7 heteroatoms. The number of aliphatic imine (C=N–C) groups is 1. The molecule has 0 fully saturated rings. The van der Waals surface area contributed by atoms with Crippen molar-refractivity contribution in [3.63, 3.8) is 0 Å². The van der Waals surface area contributed by atoms with Crippen LogP contribution in [0.2, 0.25) is 0 Å². The number of hydroxylamine groups is 2. The molecule has 0 aliphatic carbocycles. The van der Waals surface area contributed by atoms with E-state index in [0.29, 0.717) is 18.7 Å². The van der Waals surface area contributed by atoms with E-state index in [1.807, 2.05) is 50.4 Å². The minimum atomic E-state index is -4.61. The van der Waals surface area contributed by atoms with Gasteiger partial charge in [-0.3, -0.25) is 0 Å². The van der Waals surface area contributed by atoms with Crippen LogP contribution in [0.25, 0.3) is 0 Å². The highest BCUT2D eigenvalue weighted by atomic mass is 19.4. The van der Waals surface area contributed by atoms with Gasteiger partial charge < -0.3 is 9.74 Å². The van der Waals surface area contributed by atoms with E-state index in [-0.39, 0.29) is 6.04 Å². The third-order valence-corrected chi connectivity index (χ3v) is 4.32. The van der Waals surface area contributed by atoms with Gasteiger partial charge in [-0.25, -0.2) is 4.99 Å². The molecule has 2 aromatic rings. The summed E-state index contributed by atoms with van der Waals surface area (Å²) in [6, 6.07) is 18.5. The lowest BCUT2D eigenvalue weighted by Gasteiger charge is -2.30. The van der Waals surface area contributed by atoms with Crippen molar-refractivity contribution in [2.45, 2.75) is 31.9 Å². The normalized spacial score (nSPS) is 19.0. The van der Waals surface area contributed by atoms with Gasteiger partial charge in [-0.2, -0.15) is 13.2 Å². The molecule has 0 spiro atoms. The molecule has 3 rings (SSSR count). The summed E-state index contributed by atoms with van der Waals surface area (Å²) in [7, 11) is 1.93. The van der Waals surface area contributed by atoms with E-state index in [9.17, 15) is 13.2 Å². The van der Waals surface area contributed by atoms with Crippen LogP contribution in [0, 0.1) is 0 Å². The molecule has 0 saturated carbocycles. The Hall–Kier alpha value is -2.38. The second-order valence-electron chi connectivity index (χ2n) is 6.70. The number of alkyl halides is 3. The van der Waals surface area contributed by atoms with Gasteiger partial charge in [-0.05, 0) is 25.1 Å². The Labute approximate surface area is 156 Å². The van der Waals surface area contributed by atoms with Crippen molar-refractivity contribution in [2.75, 3.05) is 13.6 Å². The summed E-state index contributed by atoms with van der Waals surface area (Å²) in [5, 5.41) is 1.33. The van der Waals surface area contributed by atoms with Crippen LogP contribution in [0.4, 0.5) is 13.2 Å². The average molecular weight is 377 g/mol. The van der Waals surface area contributed by atoms with Gasteiger partial charge in [-0.15, -0.1) is 5.06 Å². The van der Waals surface area contributed by atoms with E-state index in [0.717, 1.165) is 5.56 Å². The fraction of sp³-hybridized carbons (Fsp3) is 0.350. The van der Waals surface area contributed by atoms with Gasteiger partial charge in [-0.1, -0.05) is 60.7 Å². The number of benzene rings is 2. The Morgan fingerprint density at radius 2 is 1.67 bits per heavy atom. The molecule has 0 N–H and O–H groups in total. The first kappa shape index (κ1) is 19.4. The summed E-state index contributed by atoms with van der Waals surface area (Å²) >= 11 is 0. The lowest BCUT2D eigenvalue weighted by molar-refractivity contribution is -0.155. The number of rotatable bonds is 6. The van der Waals surface area contributed by atoms with Crippen molar-refractivity contribution in [3.8, 4) is 0 Å². The van der Waals surface area contributed by atoms with Crippen molar-refractivity contribution in [2.24, 2.45) is 4.99 Å². The first-order valence-electron chi connectivity index (χ1n) is 8.73. The standard InChI is InChI=1S/C20H22F3N3O/c1-15(13-25(2)14-16-9-5-3-6-10-16)26-18(17-11-7-4-8-12-17)24-19(27-26)20(21,22)23/h3-12,15,18H,13-14H2,1-2H3. The zero-order valence-corrected chi connectivity index (χ0v) is 15.2. The summed E-state index contributed by atoms with van der Waals surface area (Å²) in [4.78, 5) is 11.0. The van der Waals surface area contributed by atoms with Crippen molar-refractivity contribution >= 4 is 5.90 Å². The molecule has 0 amide bonds. The van der Waals surface area contributed by atoms with Crippen molar-refractivity contribution < 1.29 is 18.0 Å². The monoisotopic (exact) mass is 377 g/mol. The Balaban J connectivity index is 1.73. The van der Waals surface area contributed by atoms with Crippen molar-refractivity contribution in [3.05, 3.63) is 71.8 Å². The van der Waals surface area contributed by atoms with Gasteiger partial charge in [0.1, 0.15) is 0 Å². The molecule has 0 aromatic heterocycles. The molecule has 4 nitrogen and oxygen atoms in total. The van der Waals surface area contributed by atoms with Gasteiger partial charge in [0.2, 0.25) is 0 Å². The van der Waals surface area contributed by atoms with Crippen LogP contribution in [-0.4, -0.2) is 41.7 Å². The van der Waals surface area contributed by atoms with Crippen LogP contribution in [-0.2, 0) is 11.4 Å². The molecular weight excluding hydrogens is 355 g/mol. The molecular formula is C20H22F3N3O. The van der Waals surface area contributed by atoms with Gasteiger partial charge >= 0.3 is 12.1 Å². The molecule has 1 aliphatic rings. The fourth-order valence-electron chi connectivity index (χ4n) is 3.14. The first-order chi connectivity index (χ1) is 12.8. The summed E-state index contributed by atoms with van der Waals surface area (Å²) in [6.07, 6.45) is -5.43. The summed E-state index contributed by atoms with van der Waals surface area (Å²) < 4.78 is 39.4. The zero-order chi connectivity index (χ0) is 19.4. The van der Waals surface area contributed by atoms with Gasteiger partial charge in [0.15, 0.2) is 6.17 Å². The number of likely N-dealkylation sites (N-methyl/N-ethyl adjacent to an activating group) is 1. The maximum absolute atomic E-state index is 13.1. The third-order valence-electron chi connectivity index (χ3n) is 4.32. The lowest BCUT2D eigenvalue weighted by Crippen LogP contribution is -2.41. The second kappa shape index (κ2) is 8.10. The number of hydrogen-bond acceptors (Lipinski definition) is 4. The smallest absolute Gasteiger partial charge is 0.378 e. The van der Waals surface area contributed by atoms with Crippen molar-refractivity contribution in [1.29, 1.82) is 0 Å². The summed E-state index contributed by atoms with van der Waals surface area (Å²) in [6.45, 7) is 3.06. The molecule has 144 valence electrons. The predicted molar refractivity (Wildman–Crippen MR) is 97.8 cm³/mol. The molecule has 2 aromatic carbocycles. The van der Waals surface area contributed by atoms with E-state index >= 15 is 0 Å². The second-order valence-corrected chi connectivity index (χ2v) is 6.70. The Morgan fingerprint density at radius 3 is 2.26 bits per heavy atom. The third kappa shape index (κ3) is 4.87. The van der Waals surface area contributed by atoms with Crippen LogP contribution in [0.3, 0.4) is 0 Å². The molecule has 0 bridgehead atoms. The van der Waals surface area contributed by atoms with Gasteiger partial charge in [0.05, 0.1) is 6.04 Å². The zero-order valence-electron chi connectivity index (χ0n) is 15.2. The molecule has 0 radical (unpaired) electrons. The topological polar surface area (TPSA) is 28.1 Å². The Morgan fingerprint density at radius 1 is 1.07 bits per heavy atom. The van der Waals surface area contributed by atoms with E-state index in [4.69, 9.17) is 4.84 Å². The van der Waals surface area contributed by atoms with Crippen molar-refractivity contribution in [1.82, 2.24) is 9.96 Å². The summed E-state index contributed by atoms with van der Waals surface area (Å²) in [5.41, 5.74) is 1.80. The van der Waals surface area contributed by atoms with Crippen LogP contribution >= 0.6 is 0 Å². The van der Waals surface area contributed by atoms with Crippen LogP contribution in [0.1, 0.15) is 24.2 Å². The Kier molecular flexibility index (Phi) is 5.82. The van der Waals surface area contributed by atoms with E-state index in [1.54, 1.807) is 24.3 Å². The van der Waals surface area contributed by atoms with Crippen LogP contribution in [0.5, 0.6) is 0 Å². The maximum atomic E-state index is 13.1. The number of hydrogen-bond donors (Lipinski definition) is 0. The Bertz CT molecular complexity index is 765. The fourth-order valence-corrected chi connectivity index (χ4v) is 3.14. The van der Waals surface area contributed by atoms with Crippen LogP contribution in [0.15, 0.2) is 65.7 Å². The number of nitrogens with zero attached hydrogens (tertiary/aromatic N) is 3. The summed E-state index contributed by atoms with van der Waals surface area (Å²) in [5.74, 6) is -1.20. The molecule has 0 saturated heterocycles. The molecule has 1 aliphatic heterocycles. The number of halogens is 3. The molecule has 2 unspecified atom stereocenters. The SMILES string of the molecule is CC(CN(C)Cc1ccccc1)N1OC(C(F)(F)F)=NC1c1ccccc1. The highest BCUT2D eigenvalue weighted by molar-refractivity contribution is 5.82. The first-order valence-corrected chi connectivity index (χ1v) is 8.73. The van der Waals surface area contributed by atoms with Gasteiger partial charge in [0, 0.05) is 13.1 Å². The minimum absolute atomic E-state index is 0.299. The highest BCUT2D eigenvalue weighted by Crippen LogP contribution is 2.35. The van der Waals surface area contributed by atoms with Gasteiger partial charge in [0.25, 0.3) is 0 Å². The molecule has 27 heavy (non-hydrogen) atoms. The molecule has 1 heterocycles. The minimum Gasteiger partial charge on any atom is -0.378 e. The lowest BCUT2D eigenvalue weighted by atomic mass is 10.1. The predicted octanol–water partition coefficient (Wildman–Crippen LogP) is 4.41. The largest absolute Gasteiger partial charge is 0.470 e. The highest BCUT2D eigenvalue weighted by Gasteiger charge is 2.47.